The summed E-state index contributed by atoms with van der Waals surface area (Å²) in [6.07, 6.45) is 2.41. The van der Waals surface area contributed by atoms with Crippen LogP contribution in [0.4, 0.5) is 0 Å². The molecule has 1 aliphatic rings. The van der Waals surface area contributed by atoms with Crippen molar-refractivity contribution in [3.63, 3.8) is 0 Å². The molecule has 72 valence electrons. The first-order chi connectivity index (χ1) is 6.19. The van der Waals surface area contributed by atoms with Gasteiger partial charge in [0, 0.05) is 6.42 Å². The Hall–Kier alpha value is -1.25. The van der Waals surface area contributed by atoms with Crippen molar-refractivity contribution in [2.24, 2.45) is 0 Å². The summed E-state index contributed by atoms with van der Waals surface area (Å²) in [5, 5.41) is 0. The Morgan fingerprint density at radius 2 is 2.38 bits per heavy atom. The van der Waals surface area contributed by atoms with E-state index in [9.17, 15) is 4.79 Å². The molecule has 1 aliphatic heterocycles. The van der Waals surface area contributed by atoms with Crippen molar-refractivity contribution in [2.45, 2.75) is 27.2 Å². The Bertz CT molecular complexity index is 274. The summed E-state index contributed by atoms with van der Waals surface area (Å²) in [5.41, 5.74) is 0.634. The fraction of sp³-hybridized carbons (Fsp3) is 0.500. The van der Waals surface area contributed by atoms with Crippen LogP contribution in [0.25, 0.3) is 0 Å². The number of carbonyl (C=O) groups is 1. The number of hydrogen-bond acceptors (Lipinski definition) is 3. The molecule has 0 aromatic carbocycles. The molecule has 0 unspecified atom stereocenters. The molecule has 0 aromatic heterocycles. The Labute approximate surface area is 78.0 Å². The van der Waals surface area contributed by atoms with E-state index in [0.717, 1.165) is 5.76 Å². The predicted octanol–water partition coefficient (Wildman–Crippen LogP) is 2.15. The summed E-state index contributed by atoms with van der Waals surface area (Å²) in [7, 11) is 0. The third-order valence-corrected chi connectivity index (χ3v) is 1.90. The first-order valence-electron chi connectivity index (χ1n) is 4.39. The summed E-state index contributed by atoms with van der Waals surface area (Å²) in [6.45, 7) is 5.86. The topological polar surface area (TPSA) is 35.5 Å². The molecule has 3 heteroatoms. The van der Waals surface area contributed by atoms with Crippen LogP contribution in [0.1, 0.15) is 27.2 Å². The lowest BCUT2D eigenvalue weighted by Gasteiger charge is -2.00. The van der Waals surface area contributed by atoms with Gasteiger partial charge in [0.2, 0.25) is 0 Å². The molecule has 0 amide bonds. The molecule has 0 aromatic rings. The molecule has 0 atom stereocenters. The fourth-order valence-electron chi connectivity index (χ4n) is 1.19. The lowest BCUT2D eigenvalue weighted by atomic mass is 10.2. The van der Waals surface area contributed by atoms with Crippen LogP contribution in [0.3, 0.4) is 0 Å². The molecule has 0 saturated carbocycles. The highest BCUT2D eigenvalue weighted by Gasteiger charge is 2.23. The molecule has 3 nitrogen and oxygen atoms in total. The molecule has 0 bridgehead atoms. The summed E-state index contributed by atoms with van der Waals surface area (Å²) in [5.74, 6) is 1.21. The standard InChI is InChI=1S/C10H14O3/c1-4-8-6-9(7(3)13-8)10(11)12-5-2/h4H,5-6H2,1-3H3/b8-4+. The largest absolute Gasteiger partial charge is 0.466 e. The Morgan fingerprint density at radius 1 is 1.69 bits per heavy atom. The molecule has 13 heavy (non-hydrogen) atoms. The van der Waals surface area contributed by atoms with Crippen LogP contribution < -0.4 is 0 Å². The third kappa shape index (κ3) is 2.11. The van der Waals surface area contributed by atoms with Crippen LogP contribution in [0.5, 0.6) is 0 Å². The Balaban J connectivity index is 2.71. The van der Waals surface area contributed by atoms with E-state index in [-0.39, 0.29) is 5.97 Å². The predicted molar refractivity (Wildman–Crippen MR) is 48.8 cm³/mol. The highest BCUT2D eigenvalue weighted by molar-refractivity contribution is 5.90. The highest BCUT2D eigenvalue weighted by Crippen LogP contribution is 2.28. The molecular weight excluding hydrogens is 168 g/mol. The summed E-state index contributed by atoms with van der Waals surface area (Å²) in [4.78, 5) is 11.3. The van der Waals surface area contributed by atoms with Gasteiger partial charge >= 0.3 is 5.97 Å². The number of allylic oxidation sites excluding steroid dienone is 3. The van der Waals surface area contributed by atoms with Crippen LogP contribution in [-0.2, 0) is 14.3 Å². The average Bonchev–Trinajstić information content (AvgIpc) is 2.47. The van der Waals surface area contributed by atoms with E-state index in [1.165, 1.54) is 0 Å². The lowest BCUT2D eigenvalue weighted by molar-refractivity contribution is -0.138. The molecule has 1 heterocycles. The monoisotopic (exact) mass is 182 g/mol. The average molecular weight is 182 g/mol. The quantitative estimate of drug-likeness (QED) is 0.614. The first-order valence-corrected chi connectivity index (χ1v) is 4.39. The van der Waals surface area contributed by atoms with Crippen molar-refractivity contribution in [1.29, 1.82) is 0 Å². The molecular formula is C10H14O3. The summed E-state index contributed by atoms with van der Waals surface area (Å²) < 4.78 is 10.2. The second-order valence-electron chi connectivity index (χ2n) is 2.79. The zero-order valence-corrected chi connectivity index (χ0v) is 8.22. The Morgan fingerprint density at radius 3 is 2.85 bits per heavy atom. The number of esters is 1. The Kier molecular flexibility index (Phi) is 3.12. The van der Waals surface area contributed by atoms with Crippen molar-refractivity contribution >= 4 is 5.97 Å². The minimum Gasteiger partial charge on any atom is -0.466 e. The van der Waals surface area contributed by atoms with Gasteiger partial charge in [-0.15, -0.1) is 0 Å². The van der Waals surface area contributed by atoms with Crippen molar-refractivity contribution in [1.82, 2.24) is 0 Å². The van der Waals surface area contributed by atoms with E-state index in [0.29, 0.717) is 24.4 Å². The third-order valence-electron chi connectivity index (χ3n) is 1.90. The second-order valence-corrected chi connectivity index (χ2v) is 2.79. The zero-order valence-electron chi connectivity index (χ0n) is 8.22. The van der Waals surface area contributed by atoms with Gasteiger partial charge in [0.05, 0.1) is 12.2 Å². The molecule has 0 saturated heterocycles. The maximum absolute atomic E-state index is 11.3. The zero-order chi connectivity index (χ0) is 9.84. The van der Waals surface area contributed by atoms with Gasteiger partial charge < -0.3 is 9.47 Å². The van der Waals surface area contributed by atoms with Crippen LogP contribution >= 0.6 is 0 Å². The van der Waals surface area contributed by atoms with Gasteiger partial charge in [-0.3, -0.25) is 0 Å². The summed E-state index contributed by atoms with van der Waals surface area (Å²) in [6, 6.07) is 0. The minimum atomic E-state index is -0.267. The number of ether oxygens (including phenoxy) is 2. The van der Waals surface area contributed by atoms with E-state index < -0.39 is 0 Å². The lowest BCUT2D eigenvalue weighted by Crippen LogP contribution is -2.06. The van der Waals surface area contributed by atoms with Crippen molar-refractivity contribution in [3.8, 4) is 0 Å². The number of carbonyl (C=O) groups excluding carboxylic acids is 1. The van der Waals surface area contributed by atoms with Gasteiger partial charge in [-0.05, 0) is 26.8 Å². The molecule has 0 aliphatic carbocycles. The minimum absolute atomic E-state index is 0.267. The van der Waals surface area contributed by atoms with Gasteiger partial charge in [-0.2, -0.15) is 0 Å². The van der Waals surface area contributed by atoms with E-state index in [2.05, 4.69) is 0 Å². The van der Waals surface area contributed by atoms with Crippen molar-refractivity contribution in [2.75, 3.05) is 6.61 Å². The van der Waals surface area contributed by atoms with E-state index >= 15 is 0 Å². The normalized spacial score (nSPS) is 19.2. The van der Waals surface area contributed by atoms with E-state index in [4.69, 9.17) is 9.47 Å². The molecule has 0 radical (unpaired) electrons. The number of hydrogen-bond donors (Lipinski definition) is 0. The summed E-state index contributed by atoms with van der Waals surface area (Å²) >= 11 is 0. The molecule has 0 spiro atoms. The first kappa shape index (κ1) is 9.84. The van der Waals surface area contributed by atoms with Crippen LogP contribution in [-0.4, -0.2) is 12.6 Å². The van der Waals surface area contributed by atoms with Gasteiger partial charge in [0.1, 0.15) is 11.5 Å². The fourth-order valence-corrected chi connectivity index (χ4v) is 1.19. The van der Waals surface area contributed by atoms with Gasteiger partial charge in [-0.1, -0.05) is 0 Å². The molecule has 0 fully saturated rings. The van der Waals surface area contributed by atoms with Crippen molar-refractivity contribution < 1.29 is 14.3 Å². The van der Waals surface area contributed by atoms with Crippen LogP contribution in [0, 0.1) is 0 Å². The van der Waals surface area contributed by atoms with Crippen LogP contribution in [0.2, 0.25) is 0 Å². The van der Waals surface area contributed by atoms with Gasteiger partial charge in [0.15, 0.2) is 0 Å². The maximum atomic E-state index is 11.3. The molecule has 0 N–H and O–H groups in total. The van der Waals surface area contributed by atoms with Gasteiger partial charge in [-0.25, -0.2) is 4.79 Å². The second kappa shape index (κ2) is 4.12. The molecule has 1 rings (SSSR count). The SMILES string of the molecule is C/C=C1\CC(C(=O)OCC)=C(C)O1. The number of rotatable bonds is 2. The van der Waals surface area contributed by atoms with Crippen molar-refractivity contribution in [3.05, 3.63) is 23.2 Å². The highest BCUT2D eigenvalue weighted by atomic mass is 16.5. The van der Waals surface area contributed by atoms with Crippen LogP contribution in [0.15, 0.2) is 23.2 Å². The van der Waals surface area contributed by atoms with Gasteiger partial charge in [0.25, 0.3) is 0 Å². The van der Waals surface area contributed by atoms with E-state index in [1.54, 1.807) is 13.8 Å². The smallest absolute Gasteiger partial charge is 0.337 e. The van der Waals surface area contributed by atoms with E-state index in [1.807, 2.05) is 13.0 Å². The maximum Gasteiger partial charge on any atom is 0.337 e.